The number of rotatable bonds is 13. The van der Waals surface area contributed by atoms with Gasteiger partial charge in [-0.2, -0.15) is 10.9 Å². The zero-order valence-electron chi connectivity index (χ0n) is 24.4. The van der Waals surface area contributed by atoms with Gasteiger partial charge in [0.25, 0.3) is 0 Å². The highest BCUT2D eigenvalue weighted by atomic mass is 32.2. The Balaban J connectivity index is 1.57. The second-order valence-corrected chi connectivity index (χ2v) is 13.7. The molecule has 1 aromatic carbocycles. The first-order valence-corrected chi connectivity index (χ1v) is 15.8. The fraction of sp³-hybridized carbons (Fsp3) is 0.600. The van der Waals surface area contributed by atoms with Crippen molar-refractivity contribution in [3.05, 3.63) is 40.9 Å². The molecule has 1 saturated heterocycles. The molecule has 2 aliphatic rings. The summed E-state index contributed by atoms with van der Waals surface area (Å²) in [5, 5.41) is 18.4. The zero-order chi connectivity index (χ0) is 29.3. The third kappa shape index (κ3) is 9.17. The minimum atomic E-state index is -0.802. The molecule has 3 rings (SSSR count). The molecule has 1 fully saturated rings. The van der Waals surface area contributed by atoms with Gasteiger partial charge in [-0.1, -0.05) is 52.2 Å². The van der Waals surface area contributed by atoms with Crippen molar-refractivity contribution in [2.24, 2.45) is 16.1 Å². The molecule has 10 heteroatoms. The van der Waals surface area contributed by atoms with Crippen LogP contribution in [0.15, 0.2) is 45.3 Å². The van der Waals surface area contributed by atoms with E-state index in [2.05, 4.69) is 33.2 Å². The number of β-amino-alcohol motifs (C(OH)–C–C–N with tert-alkyl or cyclic N) is 1. The third-order valence-corrected chi connectivity index (χ3v) is 9.21. The molecule has 0 saturated carbocycles. The number of carbonyl (C=O) groups excluding carboxylic acids is 3. The number of aliphatic hydroxyl groups is 1. The summed E-state index contributed by atoms with van der Waals surface area (Å²) < 4.78 is 0. The van der Waals surface area contributed by atoms with Gasteiger partial charge in [0.1, 0.15) is 12.1 Å². The molecule has 40 heavy (non-hydrogen) atoms. The van der Waals surface area contributed by atoms with E-state index in [0.717, 1.165) is 43.4 Å². The summed E-state index contributed by atoms with van der Waals surface area (Å²) in [6.07, 6.45) is 4.49. The van der Waals surface area contributed by atoms with Crippen molar-refractivity contribution >= 4 is 34.2 Å². The fourth-order valence-electron chi connectivity index (χ4n) is 4.97. The van der Waals surface area contributed by atoms with Crippen molar-refractivity contribution in [2.45, 2.75) is 102 Å². The third-order valence-electron chi connectivity index (χ3n) is 7.30. The SMILES string of the molecule is CC1=C[SH](c2ccc(CNC(=O)[C@@H]3C[C@@H](O)CN3C(=O)[C@@H](NC(=O)CCCCCCCN)C(C)(C)C)cc2)C=N1. The Bertz CT molecular complexity index is 1080. The summed E-state index contributed by atoms with van der Waals surface area (Å²) in [4.78, 5) is 46.6. The molecular formula is C30H47N5O4S. The van der Waals surface area contributed by atoms with Crippen LogP contribution in [0, 0.1) is 5.41 Å². The quantitative estimate of drug-likeness (QED) is 0.182. The number of aliphatic hydroxyl groups excluding tert-OH is 1. The van der Waals surface area contributed by atoms with Crippen LogP contribution < -0.4 is 16.4 Å². The Hall–Kier alpha value is -2.69. The van der Waals surface area contributed by atoms with Gasteiger partial charge in [0.2, 0.25) is 17.7 Å². The lowest BCUT2D eigenvalue weighted by molar-refractivity contribution is -0.144. The maximum absolute atomic E-state index is 13.7. The number of carbonyl (C=O) groups is 3. The van der Waals surface area contributed by atoms with Gasteiger partial charge in [-0.3, -0.25) is 19.4 Å². The molecule has 2 heterocycles. The van der Waals surface area contributed by atoms with Crippen LogP contribution in [0.25, 0.3) is 0 Å². The highest BCUT2D eigenvalue weighted by Gasteiger charge is 2.44. The molecule has 9 nitrogen and oxygen atoms in total. The first kappa shape index (κ1) is 31.8. The molecule has 1 aromatic rings. The molecule has 3 amide bonds. The number of aliphatic imine (C=N–C) groups is 1. The molecule has 1 unspecified atom stereocenters. The van der Waals surface area contributed by atoms with Crippen LogP contribution in [-0.2, 0) is 20.9 Å². The lowest BCUT2D eigenvalue weighted by Gasteiger charge is -2.35. The standard InChI is InChI=1S/C30H47N5O4S/c1-21-19-40(20-33-21)24-13-11-22(12-14-24)17-32-28(38)25-16-23(36)18-35(25)29(39)27(30(2,3)4)34-26(37)10-8-6-5-7-9-15-31/h11-14,19-20,23,25,27,36,40H,5-10,15-18,31H2,1-4H3,(H,32,38)(H,34,37)/t23-,25+,27-/m1/s1. The van der Waals surface area contributed by atoms with Gasteiger partial charge in [-0.25, -0.2) is 0 Å². The van der Waals surface area contributed by atoms with E-state index >= 15 is 0 Å². The summed E-state index contributed by atoms with van der Waals surface area (Å²) >= 11 is 0. The summed E-state index contributed by atoms with van der Waals surface area (Å²) in [5.74, 6) is -0.822. The van der Waals surface area contributed by atoms with Gasteiger partial charge in [-0.05, 0) is 59.7 Å². The van der Waals surface area contributed by atoms with E-state index in [1.807, 2.05) is 45.4 Å². The number of hydrogen-bond acceptors (Lipinski definition) is 6. The number of nitrogens with zero attached hydrogens (tertiary/aromatic N) is 2. The molecule has 0 spiro atoms. The lowest BCUT2D eigenvalue weighted by atomic mass is 9.85. The van der Waals surface area contributed by atoms with Crippen LogP contribution in [-0.4, -0.2) is 64.6 Å². The normalized spacial score (nSPS) is 22.2. The maximum atomic E-state index is 13.7. The smallest absolute Gasteiger partial charge is 0.246 e. The van der Waals surface area contributed by atoms with Crippen molar-refractivity contribution in [2.75, 3.05) is 13.1 Å². The van der Waals surface area contributed by atoms with Gasteiger partial charge in [0.05, 0.1) is 6.10 Å². The second kappa shape index (κ2) is 14.8. The van der Waals surface area contributed by atoms with E-state index in [0.29, 0.717) is 19.5 Å². The Morgan fingerprint density at radius 2 is 1.80 bits per heavy atom. The van der Waals surface area contributed by atoms with E-state index < -0.39 is 34.5 Å². The van der Waals surface area contributed by atoms with Crippen molar-refractivity contribution in [3.8, 4) is 0 Å². The van der Waals surface area contributed by atoms with Crippen LogP contribution in [0.2, 0.25) is 0 Å². The number of benzene rings is 1. The van der Waals surface area contributed by atoms with Crippen LogP contribution in [0.4, 0.5) is 0 Å². The van der Waals surface area contributed by atoms with E-state index in [1.165, 1.54) is 9.80 Å². The summed E-state index contributed by atoms with van der Waals surface area (Å²) in [7, 11) is -0.516. The molecule has 0 aromatic heterocycles. The number of allylic oxidation sites excluding steroid dienone is 1. The molecular weight excluding hydrogens is 526 g/mol. The number of nitrogens with one attached hydrogen (secondary N) is 2. The predicted octanol–water partition coefficient (Wildman–Crippen LogP) is 3.36. The van der Waals surface area contributed by atoms with Gasteiger partial charge >= 0.3 is 0 Å². The lowest BCUT2D eigenvalue weighted by Crippen LogP contribution is -2.57. The van der Waals surface area contributed by atoms with Crippen molar-refractivity contribution in [3.63, 3.8) is 0 Å². The average molecular weight is 574 g/mol. The number of hydrogen-bond donors (Lipinski definition) is 5. The van der Waals surface area contributed by atoms with Crippen LogP contribution >= 0.6 is 10.9 Å². The Kier molecular flexibility index (Phi) is 11.8. The molecule has 4 atom stereocenters. The van der Waals surface area contributed by atoms with Crippen LogP contribution in [0.3, 0.4) is 0 Å². The average Bonchev–Trinajstić information content (AvgIpc) is 3.52. The summed E-state index contributed by atoms with van der Waals surface area (Å²) in [6.45, 7) is 8.73. The number of nitrogens with two attached hydrogens (primary N) is 1. The Morgan fingerprint density at radius 3 is 2.42 bits per heavy atom. The fourth-order valence-corrected chi connectivity index (χ4v) is 6.59. The number of amides is 3. The Labute approximate surface area is 241 Å². The van der Waals surface area contributed by atoms with Crippen molar-refractivity contribution in [1.29, 1.82) is 0 Å². The topological polar surface area (TPSA) is 137 Å². The van der Waals surface area contributed by atoms with Crippen molar-refractivity contribution in [1.82, 2.24) is 15.5 Å². The molecule has 5 N–H and O–H groups in total. The zero-order valence-corrected chi connectivity index (χ0v) is 25.3. The summed E-state index contributed by atoms with van der Waals surface area (Å²) in [5.41, 5.74) is 8.92. The monoisotopic (exact) mass is 573 g/mol. The van der Waals surface area contributed by atoms with E-state index in [9.17, 15) is 19.5 Å². The summed E-state index contributed by atoms with van der Waals surface area (Å²) in [6, 6.07) is 6.49. The molecule has 2 aliphatic heterocycles. The minimum Gasteiger partial charge on any atom is -0.391 e. The highest BCUT2D eigenvalue weighted by Crippen LogP contribution is 2.39. The van der Waals surface area contributed by atoms with Crippen LogP contribution in [0.1, 0.15) is 78.2 Å². The first-order valence-electron chi connectivity index (χ1n) is 14.3. The van der Waals surface area contributed by atoms with Gasteiger partial charge in [0.15, 0.2) is 0 Å². The Morgan fingerprint density at radius 1 is 1.12 bits per heavy atom. The van der Waals surface area contributed by atoms with Crippen LogP contribution in [0.5, 0.6) is 0 Å². The molecule has 0 radical (unpaired) electrons. The molecule has 0 aliphatic carbocycles. The largest absolute Gasteiger partial charge is 0.391 e. The van der Waals surface area contributed by atoms with E-state index in [-0.39, 0.29) is 30.7 Å². The molecule has 222 valence electrons. The maximum Gasteiger partial charge on any atom is 0.246 e. The number of unbranched alkanes of at least 4 members (excludes halogenated alkanes) is 4. The highest BCUT2D eigenvalue weighted by molar-refractivity contribution is 8.31. The minimum absolute atomic E-state index is 0.0627. The van der Waals surface area contributed by atoms with E-state index in [4.69, 9.17) is 5.73 Å². The predicted molar refractivity (Wildman–Crippen MR) is 162 cm³/mol. The molecule has 0 bridgehead atoms. The van der Waals surface area contributed by atoms with Crippen molar-refractivity contribution < 1.29 is 19.5 Å². The second-order valence-electron chi connectivity index (χ2n) is 11.9. The number of thiol groups is 1. The van der Waals surface area contributed by atoms with Gasteiger partial charge in [-0.15, -0.1) is 0 Å². The number of likely N-dealkylation sites (tertiary alicyclic amines) is 1. The van der Waals surface area contributed by atoms with Gasteiger partial charge in [0, 0.05) is 37.2 Å². The van der Waals surface area contributed by atoms with E-state index in [1.54, 1.807) is 0 Å². The van der Waals surface area contributed by atoms with Gasteiger partial charge < -0.3 is 26.4 Å². The first-order chi connectivity index (χ1) is 19.0.